The second kappa shape index (κ2) is 7.76. The van der Waals surface area contributed by atoms with Gasteiger partial charge in [0.2, 0.25) is 5.78 Å². The Kier molecular flexibility index (Phi) is 4.79. The van der Waals surface area contributed by atoms with E-state index in [1.807, 2.05) is 54.6 Å². The van der Waals surface area contributed by atoms with E-state index in [1.54, 1.807) is 12.5 Å². The minimum atomic E-state index is -0.460. The van der Waals surface area contributed by atoms with Crippen molar-refractivity contribution in [2.45, 2.75) is 19.8 Å². The second-order valence-corrected chi connectivity index (χ2v) is 7.58. The number of fused-ring (bicyclic) bond motifs is 4. The van der Waals surface area contributed by atoms with Gasteiger partial charge in [0.15, 0.2) is 6.61 Å². The maximum atomic E-state index is 12.7. The smallest absolute Gasteiger partial charge is 0.310 e. The molecule has 5 rings (SSSR count). The Hall–Kier alpha value is -3.86. The summed E-state index contributed by atoms with van der Waals surface area (Å²) in [6, 6.07) is 17.7. The van der Waals surface area contributed by atoms with Gasteiger partial charge < -0.3 is 14.1 Å². The van der Waals surface area contributed by atoms with E-state index in [2.05, 4.69) is 11.9 Å². The molecular weight excluding hydrogens is 390 g/mol. The number of ketones is 1. The molecule has 2 aromatic heterocycles. The lowest BCUT2D eigenvalue weighted by Crippen LogP contribution is -2.15. The summed E-state index contributed by atoms with van der Waals surface area (Å²) in [7, 11) is 0. The third-order valence-electron chi connectivity index (χ3n) is 5.72. The van der Waals surface area contributed by atoms with Gasteiger partial charge in [-0.2, -0.15) is 0 Å². The van der Waals surface area contributed by atoms with Crippen LogP contribution >= 0.6 is 0 Å². The number of aromatic amines is 1. The zero-order valence-electron chi connectivity index (χ0n) is 17.1. The van der Waals surface area contributed by atoms with Gasteiger partial charge in [0.25, 0.3) is 0 Å². The van der Waals surface area contributed by atoms with Gasteiger partial charge in [-0.15, -0.1) is 0 Å². The van der Waals surface area contributed by atoms with Gasteiger partial charge in [-0.3, -0.25) is 9.59 Å². The van der Waals surface area contributed by atoms with Crippen LogP contribution in [0.25, 0.3) is 32.6 Å². The number of ether oxygens (including phenoxy) is 1. The largest absolute Gasteiger partial charge is 0.464 e. The molecule has 0 amide bonds. The number of Topliss-reactive ketones (excluding diaryl/α,β-unsaturated/α-hetero) is 1. The number of esters is 1. The van der Waals surface area contributed by atoms with Crippen LogP contribution in [-0.2, 0) is 22.4 Å². The van der Waals surface area contributed by atoms with Crippen molar-refractivity contribution in [3.63, 3.8) is 0 Å². The minimum Gasteiger partial charge on any atom is -0.464 e. The van der Waals surface area contributed by atoms with E-state index in [-0.39, 0.29) is 18.8 Å². The molecule has 5 heteroatoms. The molecule has 5 aromatic rings. The average molecular weight is 411 g/mol. The van der Waals surface area contributed by atoms with E-state index in [1.165, 1.54) is 0 Å². The number of hydrogen-bond acceptors (Lipinski definition) is 4. The Morgan fingerprint density at radius 3 is 2.68 bits per heavy atom. The van der Waals surface area contributed by atoms with E-state index >= 15 is 0 Å². The maximum Gasteiger partial charge on any atom is 0.310 e. The fourth-order valence-electron chi connectivity index (χ4n) is 4.18. The number of carbonyl (C=O) groups is 2. The summed E-state index contributed by atoms with van der Waals surface area (Å²) in [5, 5.41) is 3.86. The zero-order valence-corrected chi connectivity index (χ0v) is 17.1. The number of H-pyrrole nitrogens is 1. The van der Waals surface area contributed by atoms with Gasteiger partial charge in [0, 0.05) is 33.6 Å². The van der Waals surface area contributed by atoms with Crippen molar-refractivity contribution < 1.29 is 18.7 Å². The number of hydrogen-bond donors (Lipinski definition) is 1. The van der Waals surface area contributed by atoms with Crippen LogP contribution in [-0.4, -0.2) is 23.3 Å². The predicted molar refractivity (Wildman–Crippen MR) is 120 cm³/mol. The summed E-state index contributed by atoms with van der Waals surface area (Å²) in [4.78, 5) is 28.4. The zero-order chi connectivity index (χ0) is 21.4. The Morgan fingerprint density at radius 2 is 1.81 bits per heavy atom. The summed E-state index contributed by atoms with van der Waals surface area (Å²) >= 11 is 0. The number of furan rings is 1. The SMILES string of the molecule is CCc1cccc2c(C(=O)COC(=O)Cc3coc4ccc5ccccc5c34)c[nH]c12. The van der Waals surface area contributed by atoms with Crippen LogP contribution in [0.2, 0.25) is 0 Å². The van der Waals surface area contributed by atoms with Crippen LogP contribution in [0.5, 0.6) is 0 Å². The molecule has 154 valence electrons. The lowest BCUT2D eigenvalue weighted by Gasteiger charge is -2.05. The van der Waals surface area contributed by atoms with E-state index in [4.69, 9.17) is 9.15 Å². The number of nitrogens with one attached hydrogen (secondary N) is 1. The van der Waals surface area contributed by atoms with Gasteiger partial charge in [-0.1, -0.05) is 55.5 Å². The van der Waals surface area contributed by atoms with Crippen molar-refractivity contribution in [1.29, 1.82) is 0 Å². The first-order valence-electron chi connectivity index (χ1n) is 10.3. The molecular formula is C26H21NO4. The van der Waals surface area contributed by atoms with E-state index in [0.717, 1.165) is 50.2 Å². The lowest BCUT2D eigenvalue weighted by molar-refractivity contribution is -0.141. The van der Waals surface area contributed by atoms with Gasteiger partial charge in [-0.25, -0.2) is 0 Å². The first-order chi connectivity index (χ1) is 15.2. The minimum absolute atomic E-state index is 0.0438. The number of aryl methyl sites for hydroxylation is 1. The summed E-state index contributed by atoms with van der Waals surface area (Å²) < 4.78 is 11.0. The first-order valence-corrected chi connectivity index (χ1v) is 10.3. The van der Waals surface area contributed by atoms with Crippen LogP contribution in [0.3, 0.4) is 0 Å². The fraction of sp³-hybridized carbons (Fsp3) is 0.154. The monoisotopic (exact) mass is 411 g/mol. The summed E-state index contributed by atoms with van der Waals surface area (Å²) in [5.74, 6) is -0.687. The quantitative estimate of drug-likeness (QED) is 0.292. The highest BCUT2D eigenvalue weighted by atomic mass is 16.5. The molecule has 31 heavy (non-hydrogen) atoms. The lowest BCUT2D eigenvalue weighted by atomic mass is 10.0. The normalized spacial score (nSPS) is 11.4. The summed E-state index contributed by atoms with van der Waals surface area (Å²) in [6.45, 7) is 1.78. The van der Waals surface area contributed by atoms with E-state index in [9.17, 15) is 9.59 Å². The van der Waals surface area contributed by atoms with E-state index < -0.39 is 5.97 Å². The molecule has 5 nitrogen and oxygen atoms in total. The third kappa shape index (κ3) is 3.38. The van der Waals surface area contributed by atoms with Gasteiger partial charge >= 0.3 is 5.97 Å². The molecule has 0 saturated carbocycles. The molecule has 0 aliphatic rings. The number of aromatic nitrogens is 1. The van der Waals surface area contributed by atoms with Crippen molar-refractivity contribution in [3.8, 4) is 0 Å². The number of rotatable bonds is 6. The van der Waals surface area contributed by atoms with Crippen LogP contribution in [0.4, 0.5) is 0 Å². The second-order valence-electron chi connectivity index (χ2n) is 7.58. The highest BCUT2D eigenvalue weighted by Crippen LogP contribution is 2.30. The molecule has 0 spiro atoms. The van der Waals surface area contributed by atoms with Gasteiger partial charge in [0.05, 0.1) is 12.7 Å². The van der Waals surface area contributed by atoms with Crippen LogP contribution in [0.1, 0.15) is 28.4 Å². The summed E-state index contributed by atoms with van der Waals surface area (Å²) in [5.41, 5.74) is 4.12. The molecule has 1 N–H and O–H groups in total. The highest BCUT2D eigenvalue weighted by Gasteiger charge is 2.18. The molecule has 0 radical (unpaired) electrons. The molecule has 3 aromatic carbocycles. The van der Waals surface area contributed by atoms with Gasteiger partial charge in [-0.05, 0) is 28.8 Å². The van der Waals surface area contributed by atoms with E-state index in [0.29, 0.717) is 5.56 Å². The Balaban J connectivity index is 1.33. The fourth-order valence-corrected chi connectivity index (χ4v) is 4.18. The molecule has 0 aliphatic carbocycles. The highest BCUT2D eigenvalue weighted by molar-refractivity contribution is 6.10. The molecule has 0 aliphatic heterocycles. The average Bonchev–Trinajstić information content (AvgIpc) is 3.42. The Labute approximate surface area is 178 Å². The Morgan fingerprint density at radius 1 is 0.968 bits per heavy atom. The molecule has 2 heterocycles. The van der Waals surface area contributed by atoms with Crippen molar-refractivity contribution in [2.75, 3.05) is 6.61 Å². The van der Waals surface area contributed by atoms with Crippen molar-refractivity contribution in [2.24, 2.45) is 0 Å². The van der Waals surface area contributed by atoms with Crippen LogP contribution in [0, 0.1) is 0 Å². The van der Waals surface area contributed by atoms with Crippen molar-refractivity contribution in [1.82, 2.24) is 4.98 Å². The molecule has 0 saturated heterocycles. The molecule has 0 unspecified atom stereocenters. The van der Waals surface area contributed by atoms with Crippen molar-refractivity contribution >= 4 is 44.4 Å². The van der Waals surface area contributed by atoms with Crippen LogP contribution < -0.4 is 0 Å². The molecule has 0 bridgehead atoms. The maximum absolute atomic E-state index is 12.7. The predicted octanol–water partition coefficient (Wildman–Crippen LogP) is 5.60. The number of benzene rings is 3. The number of para-hydroxylation sites is 1. The van der Waals surface area contributed by atoms with Gasteiger partial charge in [0.1, 0.15) is 5.58 Å². The summed E-state index contributed by atoms with van der Waals surface area (Å²) in [6.07, 6.45) is 4.19. The van der Waals surface area contributed by atoms with Crippen molar-refractivity contribution in [3.05, 3.63) is 83.7 Å². The number of carbonyl (C=O) groups excluding carboxylic acids is 2. The first kappa shape index (κ1) is 19.1. The topological polar surface area (TPSA) is 72.3 Å². The van der Waals surface area contributed by atoms with Crippen LogP contribution in [0.15, 0.2) is 71.5 Å². The standard InChI is InChI=1S/C26H21NO4/c1-2-16-7-5-9-20-21(13-27-26(16)20)22(28)15-31-24(29)12-18-14-30-23-11-10-17-6-3-4-8-19(17)25(18)23/h3-11,13-14,27H,2,12,15H2,1H3. The molecule has 0 fully saturated rings. The Bertz CT molecular complexity index is 1440. The third-order valence-corrected chi connectivity index (χ3v) is 5.72. The molecule has 0 atom stereocenters.